The second kappa shape index (κ2) is 17.2. The minimum Gasteiger partial charge on any atom is -0.494 e. The predicted molar refractivity (Wildman–Crippen MR) is 204 cm³/mol. The third kappa shape index (κ3) is 8.57. The number of halogens is 2. The zero-order valence-corrected chi connectivity index (χ0v) is 29.6. The first-order valence-electron chi connectivity index (χ1n) is 16.8. The molecule has 10 nitrogen and oxygen atoms in total. The summed E-state index contributed by atoms with van der Waals surface area (Å²) in [5, 5.41) is 14.1. The molecular weight excluding hydrogens is 699 g/mol. The number of aliphatic hydroxyl groups is 1. The van der Waals surface area contributed by atoms with E-state index in [9.17, 15) is 10.3 Å². The molecule has 1 aliphatic rings. The van der Waals surface area contributed by atoms with Crippen LogP contribution in [0.5, 0.6) is 5.75 Å². The average Bonchev–Trinajstić information content (AvgIpc) is 3.56. The van der Waals surface area contributed by atoms with Crippen LogP contribution >= 0.6 is 23.2 Å². The number of aliphatic imine (C=N–C) groups is 1. The number of aliphatic hydroxyl groups excluding tert-OH is 1. The number of hydrogen-bond acceptors (Lipinski definition) is 7. The van der Waals surface area contributed by atoms with Gasteiger partial charge in [-0.15, -0.1) is 0 Å². The van der Waals surface area contributed by atoms with E-state index in [4.69, 9.17) is 42.8 Å². The number of carbonyl (C=O) groups is 1. The Morgan fingerprint density at radius 3 is 2.35 bits per heavy atom. The van der Waals surface area contributed by atoms with E-state index in [-0.39, 0.29) is 18.9 Å². The minimum atomic E-state index is -1.55. The molecule has 1 amide bonds. The van der Waals surface area contributed by atoms with E-state index in [1.54, 1.807) is 36.4 Å². The number of hydrogen-bond donors (Lipinski definition) is 3. The first kappa shape index (κ1) is 36.4. The summed E-state index contributed by atoms with van der Waals surface area (Å²) in [5.41, 5.74) is 19.1. The lowest BCUT2D eigenvalue weighted by molar-refractivity contribution is -0.130. The van der Waals surface area contributed by atoms with Crippen molar-refractivity contribution < 1.29 is 19.4 Å². The van der Waals surface area contributed by atoms with Crippen molar-refractivity contribution in [3.05, 3.63) is 164 Å². The molecular formula is C40H36Cl2N6O4. The lowest BCUT2D eigenvalue weighted by atomic mass is 9.81. The number of nitrogens with one attached hydrogen (secondary N) is 2. The first-order valence-corrected chi connectivity index (χ1v) is 17.5. The summed E-state index contributed by atoms with van der Waals surface area (Å²) in [6.45, 7) is 0.774. The molecule has 5 aromatic carbocycles. The van der Waals surface area contributed by atoms with Gasteiger partial charge >= 0.3 is 0 Å². The maximum Gasteiger partial charge on any atom is 0.266 e. The van der Waals surface area contributed by atoms with Crippen LogP contribution in [0.4, 0.5) is 5.69 Å². The van der Waals surface area contributed by atoms with Gasteiger partial charge in [-0.2, -0.15) is 0 Å². The normalized spacial score (nSPS) is 16.4. The molecule has 1 heterocycles. The lowest BCUT2D eigenvalue weighted by Gasteiger charge is -2.31. The fraction of sp³-hybridized carbons (Fsp3) is 0.200. The Kier molecular flexibility index (Phi) is 12.1. The molecule has 12 heteroatoms. The second-order valence-corrected chi connectivity index (χ2v) is 13.0. The molecule has 0 saturated heterocycles. The Morgan fingerprint density at radius 2 is 1.62 bits per heavy atom. The van der Waals surface area contributed by atoms with E-state index in [2.05, 4.69) is 20.9 Å². The summed E-state index contributed by atoms with van der Waals surface area (Å²) in [6, 6.07) is 37.5. The van der Waals surface area contributed by atoms with Gasteiger partial charge in [0, 0.05) is 52.2 Å². The highest BCUT2D eigenvalue weighted by atomic mass is 35.5. The van der Waals surface area contributed by atoms with Gasteiger partial charge in [0.2, 0.25) is 5.90 Å². The van der Waals surface area contributed by atoms with Gasteiger partial charge in [0.05, 0.1) is 6.61 Å². The van der Waals surface area contributed by atoms with Crippen LogP contribution in [0.1, 0.15) is 34.8 Å². The number of hydrazine groups is 1. The number of nitrogens with zero attached hydrogens (tertiary/aromatic N) is 4. The zero-order chi connectivity index (χ0) is 36.3. The van der Waals surface area contributed by atoms with Crippen molar-refractivity contribution in [3.63, 3.8) is 0 Å². The molecule has 0 aromatic heterocycles. The SMILES string of the molecule is [N-]=[N+]=Nc1ccccc1C[C@]1(C(=O)NNCCc2ccc(Cl)cc2Cl)N=C(c2ccc(OCCCO)cc2)O[C@H]1c1ccc(-c2ccccc2)cc1. The number of rotatable bonds is 15. The van der Waals surface area contributed by atoms with Crippen LogP contribution in [0.25, 0.3) is 21.6 Å². The topological polar surface area (TPSA) is 141 Å². The summed E-state index contributed by atoms with van der Waals surface area (Å²) < 4.78 is 12.4. The Labute approximate surface area is 311 Å². The largest absolute Gasteiger partial charge is 0.494 e. The lowest BCUT2D eigenvalue weighted by Crippen LogP contribution is -2.54. The van der Waals surface area contributed by atoms with Gasteiger partial charge in [0.25, 0.3) is 5.91 Å². The van der Waals surface area contributed by atoms with Crippen molar-refractivity contribution in [2.75, 3.05) is 19.8 Å². The highest BCUT2D eigenvalue weighted by Crippen LogP contribution is 2.44. The molecule has 0 unspecified atom stereocenters. The molecule has 0 aliphatic carbocycles. The van der Waals surface area contributed by atoms with Gasteiger partial charge in [-0.1, -0.05) is 113 Å². The molecule has 0 fully saturated rings. The minimum absolute atomic E-state index is 0.0349. The molecule has 0 saturated carbocycles. The summed E-state index contributed by atoms with van der Waals surface area (Å²) in [4.78, 5) is 22.8. The van der Waals surface area contributed by atoms with Crippen LogP contribution in [0.2, 0.25) is 10.0 Å². The fourth-order valence-electron chi connectivity index (χ4n) is 6.03. The van der Waals surface area contributed by atoms with Crippen LogP contribution in [0, 0.1) is 0 Å². The van der Waals surface area contributed by atoms with E-state index in [1.807, 2.05) is 84.9 Å². The van der Waals surface area contributed by atoms with Crippen LogP contribution in [-0.2, 0) is 22.4 Å². The highest BCUT2D eigenvalue weighted by Gasteiger charge is 2.53. The van der Waals surface area contributed by atoms with Crippen LogP contribution < -0.4 is 15.6 Å². The summed E-state index contributed by atoms with van der Waals surface area (Å²) >= 11 is 12.5. The van der Waals surface area contributed by atoms with Crippen molar-refractivity contribution in [1.29, 1.82) is 0 Å². The van der Waals surface area contributed by atoms with E-state index in [0.717, 1.165) is 22.3 Å². The van der Waals surface area contributed by atoms with Crippen molar-refractivity contribution in [3.8, 4) is 16.9 Å². The molecule has 2 atom stereocenters. The molecule has 0 spiro atoms. The Morgan fingerprint density at radius 1 is 0.904 bits per heavy atom. The van der Waals surface area contributed by atoms with Gasteiger partial charge in [0.15, 0.2) is 11.6 Å². The maximum absolute atomic E-state index is 14.7. The second-order valence-electron chi connectivity index (χ2n) is 12.1. The quantitative estimate of drug-likeness (QED) is 0.0324. The van der Waals surface area contributed by atoms with Gasteiger partial charge < -0.3 is 14.6 Å². The Bertz CT molecular complexity index is 2070. The number of amides is 1. The monoisotopic (exact) mass is 734 g/mol. The third-order valence-electron chi connectivity index (χ3n) is 8.69. The van der Waals surface area contributed by atoms with Gasteiger partial charge in [0.1, 0.15) is 5.75 Å². The van der Waals surface area contributed by atoms with Gasteiger partial charge in [-0.25, -0.2) is 10.4 Å². The van der Waals surface area contributed by atoms with Crippen molar-refractivity contribution in [2.45, 2.75) is 30.9 Å². The van der Waals surface area contributed by atoms with Crippen LogP contribution in [0.15, 0.2) is 131 Å². The smallest absolute Gasteiger partial charge is 0.266 e. The predicted octanol–water partition coefficient (Wildman–Crippen LogP) is 8.73. The number of azide groups is 1. The number of benzene rings is 5. The summed E-state index contributed by atoms with van der Waals surface area (Å²) in [6.07, 6.45) is 0.207. The Balaban J connectivity index is 1.38. The molecule has 0 radical (unpaired) electrons. The summed E-state index contributed by atoms with van der Waals surface area (Å²) in [7, 11) is 0. The molecule has 3 N–H and O–H groups in total. The van der Waals surface area contributed by atoms with E-state index in [0.29, 0.717) is 58.6 Å². The van der Waals surface area contributed by atoms with Gasteiger partial charge in [-0.05, 0) is 76.2 Å². The summed E-state index contributed by atoms with van der Waals surface area (Å²) in [5.74, 6) is 0.450. The number of carbonyl (C=O) groups excluding carboxylic acids is 1. The van der Waals surface area contributed by atoms with E-state index < -0.39 is 17.6 Å². The van der Waals surface area contributed by atoms with Crippen LogP contribution in [-0.4, -0.2) is 42.2 Å². The molecule has 264 valence electrons. The maximum atomic E-state index is 14.7. The average molecular weight is 736 g/mol. The van der Waals surface area contributed by atoms with Gasteiger partial charge in [-0.3, -0.25) is 10.2 Å². The molecule has 1 aliphatic heterocycles. The third-order valence-corrected chi connectivity index (χ3v) is 9.28. The first-order chi connectivity index (χ1) is 25.4. The van der Waals surface area contributed by atoms with Crippen molar-refractivity contribution in [1.82, 2.24) is 10.9 Å². The molecule has 52 heavy (non-hydrogen) atoms. The molecule has 5 aromatic rings. The standard InChI is InChI=1S/C40H36Cl2N6O4/c41-33-18-15-29(35(42)25-33)21-22-44-47-39(50)40(26-32-9-4-5-10-36(32)46-48-43)37(30-13-11-28(12-14-30)27-7-2-1-3-8-27)52-38(45-40)31-16-19-34(20-17-31)51-24-6-23-49/h1-5,7-20,25,37,44,49H,6,21-24,26H2,(H,47,50)/t37-,40-/m0/s1. The molecule has 6 rings (SSSR count). The zero-order valence-electron chi connectivity index (χ0n) is 28.1. The number of ether oxygens (including phenoxy) is 2. The van der Waals surface area contributed by atoms with Crippen LogP contribution in [0.3, 0.4) is 0 Å². The van der Waals surface area contributed by atoms with Crippen molar-refractivity contribution in [2.24, 2.45) is 10.1 Å². The van der Waals surface area contributed by atoms with E-state index in [1.165, 1.54) is 0 Å². The Hall–Kier alpha value is -5.35. The van der Waals surface area contributed by atoms with Crippen molar-refractivity contribution >= 4 is 40.7 Å². The molecule has 0 bridgehead atoms. The van der Waals surface area contributed by atoms with E-state index >= 15 is 0 Å². The fourth-order valence-corrected chi connectivity index (χ4v) is 6.54. The highest BCUT2D eigenvalue weighted by molar-refractivity contribution is 6.35.